The molecule has 1 unspecified atom stereocenters. The smallest absolute Gasteiger partial charge is 0.239 e. The van der Waals surface area contributed by atoms with Crippen LogP contribution in [0.3, 0.4) is 0 Å². The molecule has 1 amide bonds. The van der Waals surface area contributed by atoms with Gasteiger partial charge in [0, 0.05) is 13.1 Å². The molecule has 0 aromatic carbocycles. The highest BCUT2D eigenvalue weighted by atomic mass is 16.5. The minimum Gasteiger partial charge on any atom is -0.378 e. The van der Waals surface area contributed by atoms with Crippen LogP contribution >= 0.6 is 0 Å². The quantitative estimate of drug-likeness (QED) is 0.818. The van der Waals surface area contributed by atoms with Crippen LogP contribution in [0.15, 0.2) is 0 Å². The van der Waals surface area contributed by atoms with Crippen LogP contribution in [-0.4, -0.2) is 38.3 Å². The van der Waals surface area contributed by atoms with Gasteiger partial charge >= 0.3 is 0 Å². The van der Waals surface area contributed by atoms with E-state index in [4.69, 9.17) is 4.74 Å². The van der Waals surface area contributed by atoms with E-state index < -0.39 is 0 Å². The summed E-state index contributed by atoms with van der Waals surface area (Å²) in [7, 11) is 0. The van der Waals surface area contributed by atoms with E-state index in [1.807, 2.05) is 0 Å². The Morgan fingerprint density at radius 3 is 2.35 bits per heavy atom. The molecule has 2 N–H and O–H groups in total. The number of carbonyl (C=O) groups is 1. The van der Waals surface area contributed by atoms with E-state index >= 15 is 0 Å². The zero-order chi connectivity index (χ0) is 13.6. The first kappa shape index (κ1) is 13.1. The van der Waals surface area contributed by atoms with E-state index in [2.05, 4.69) is 10.6 Å². The Morgan fingerprint density at radius 1 is 1.15 bits per heavy atom. The summed E-state index contributed by atoms with van der Waals surface area (Å²) in [5.41, 5.74) is 0.430. The summed E-state index contributed by atoms with van der Waals surface area (Å²) in [4.78, 5) is 12.2. The molecule has 1 aliphatic heterocycles. The summed E-state index contributed by atoms with van der Waals surface area (Å²) in [5, 5.41) is 6.47. The second kappa shape index (κ2) is 4.99. The highest BCUT2D eigenvalue weighted by Crippen LogP contribution is 2.59. The summed E-state index contributed by atoms with van der Waals surface area (Å²) in [6.07, 6.45) is 8.46. The lowest BCUT2D eigenvalue weighted by atomic mass is 9.49. The van der Waals surface area contributed by atoms with Crippen molar-refractivity contribution in [2.75, 3.05) is 26.3 Å². The fourth-order valence-corrected chi connectivity index (χ4v) is 5.64. The Bertz CT molecular complexity index is 355. The zero-order valence-corrected chi connectivity index (χ0v) is 12.2. The molecule has 5 fully saturated rings. The molecule has 0 aromatic rings. The number of hydrogen-bond acceptors (Lipinski definition) is 3. The molecule has 1 saturated heterocycles. The molecule has 4 heteroatoms. The van der Waals surface area contributed by atoms with Crippen molar-refractivity contribution in [3.63, 3.8) is 0 Å². The van der Waals surface area contributed by atoms with Crippen molar-refractivity contribution in [3.05, 3.63) is 0 Å². The van der Waals surface area contributed by atoms with E-state index in [0.717, 1.165) is 37.5 Å². The number of hydrogen-bond donors (Lipinski definition) is 2. The van der Waals surface area contributed by atoms with Gasteiger partial charge in [0.25, 0.3) is 0 Å². The second-order valence-electron chi connectivity index (χ2n) is 7.72. The highest BCUT2D eigenvalue weighted by Gasteiger charge is 2.50. The number of carbonyl (C=O) groups excluding carboxylic acids is 1. The molecule has 1 atom stereocenters. The standard InChI is InChI=1S/C16H26N2O2/c19-15(14-9-20-2-1-17-14)18-10-16-6-11-3-12(7-16)5-13(4-11)8-16/h11-14,17H,1-10H2,(H,18,19). The molecule has 0 spiro atoms. The van der Waals surface area contributed by atoms with E-state index in [0.29, 0.717) is 12.0 Å². The lowest BCUT2D eigenvalue weighted by molar-refractivity contribution is -0.128. The zero-order valence-electron chi connectivity index (χ0n) is 12.2. The first-order valence-electron chi connectivity index (χ1n) is 8.31. The van der Waals surface area contributed by atoms with Crippen LogP contribution in [0.2, 0.25) is 0 Å². The first-order valence-corrected chi connectivity index (χ1v) is 8.31. The Balaban J connectivity index is 1.36. The van der Waals surface area contributed by atoms with Gasteiger partial charge in [0.1, 0.15) is 6.04 Å². The lowest BCUT2D eigenvalue weighted by Crippen LogP contribution is -2.55. The average Bonchev–Trinajstić information content (AvgIpc) is 2.44. The van der Waals surface area contributed by atoms with Crippen LogP contribution in [0.4, 0.5) is 0 Å². The molecule has 0 radical (unpaired) electrons. The van der Waals surface area contributed by atoms with Gasteiger partial charge < -0.3 is 15.4 Å². The van der Waals surface area contributed by atoms with Gasteiger partial charge in [-0.1, -0.05) is 0 Å². The predicted octanol–water partition coefficient (Wildman–Crippen LogP) is 1.31. The minimum atomic E-state index is -0.141. The van der Waals surface area contributed by atoms with E-state index in [-0.39, 0.29) is 11.9 Å². The maximum atomic E-state index is 12.2. The summed E-state index contributed by atoms with van der Waals surface area (Å²) in [5.74, 6) is 3.00. The Labute approximate surface area is 121 Å². The third kappa shape index (κ3) is 2.37. The molecule has 4 bridgehead atoms. The summed E-state index contributed by atoms with van der Waals surface area (Å²) >= 11 is 0. The van der Waals surface area contributed by atoms with Crippen molar-refractivity contribution >= 4 is 5.91 Å². The molecular formula is C16H26N2O2. The Morgan fingerprint density at radius 2 is 1.80 bits per heavy atom. The van der Waals surface area contributed by atoms with Gasteiger partial charge in [-0.2, -0.15) is 0 Å². The van der Waals surface area contributed by atoms with E-state index in [1.54, 1.807) is 0 Å². The van der Waals surface area contributed by atoms with Gasteiger partial charge in [-0.05, 0) is 61.7 Å². The fraction of sp³-hybridized carbons (Fsp3) is 0.938. The van der Waals surface area contributed by atoms with Crippen molar-refractivity contribution in [3.8, 4) is 0 Å². The van der Waals surface area contributed by atoms with Crippen LogP contribution in [-0.2, 0) is 9.53 Å². The van der Waals surface area contributed by atoms with Gasteiger partial charge in [-0.25, -0.2) is 0 Å². The third-order valence-electron chi connectivity index (χ3n) is 6.04. The van der Waals surface area contributed by atoms with Gasteiger partial charge in [0.05, 0.1) is 13.2 Å². The predicted molar refractivity (Wildman–Crippen MR) is 76.2 cm³/mol. The molecule has 4 nitrogen and oxygen atoms in total. The van der Waals surface area contributed by atoms with Crippen molar-refractivity contribution in [1.82, 2.24) is 10.6 Å². The minimum absolute atomic E-state index is 0.139. The summed E-state index contributed by atoms with van der Waals surface area (Å²) in [6.45, 7) is 2.93. The van der Waals surface area contributed by atoms with Gasteiger partial charge in [0.2, 0.25) is 5.91 Å². The number of rotatable bonds is 3. The lowest BCUT2D eigenvalue weighted by Gasteiger charge is -2.57. The van der Waals surface area contributed by atoms with Crippen LogP contribution in [0.25, 0.3) is 0 Å². The Kier molecular flexibility index (Phi) is 3.26. The maximum Gasteiger partial charge on any atom is 0.239 e. The molecule has 4 saturated carbocycles. The normalized spacial score (nSPS) is 46.4. The van der Waals surface area contributed by atoms with Gasteiger partial charge in [0.15, 0.2) is 0 Å². The third-order valence-corrected chi connectivity index (χ3v) is 6.04. The van der Waals surface area contributed by atoms with Gasteiger partial charge in [-0.3, -0.25) is 4.79 Å². The molecular weight excluding hydrogens is 252 g/mol. The average molecular weight is 278 g/mol. The van der Waals surface area contributed by atoms with Crippen molar-refractivity contribution in [1.29, 1.82) is 0 Å². The number of amides is 1. The fourth-order valence-electron chi connectivity index (χ4n) is 5.64. The van der Waals surface area contributed by atoms with E-state index in [1.165, 1.54) is 38.5 Å². The molecule has 5 aliphatic rings. The molecule has 1 heterocycles. The number of nitrogens with one attached hydrogen (secondary N) is 2. The second-order valence-corrected chi connectivity index (χ2v) is 7.72. The Hall–Kier alpha value is -0.610. The SMILES string of the molecule is O=C(NCC12CC3CC(CC(C3)C1)C2)C1COCCN1. The number of ether oxygens (including phenoxy) is 1. The van der Waals surface area contributed by atoms with Gasteiger partial charge in [-0.15, -0.1) is 0 Å². The van der Waals surface area contributed by atoms with Crippen molar-refractivity contribution in [2.24, 2.45) is 23.2 Å². The van der Waals surface area contributed by atoms with Crippen LogP contribution in [0.1, 0.15) is 38.5 Å². The monoisotopic (exact) mass is 278 g/mol. The molecule has 5 rings (SSSR count). The maximum absolute atomic E-state index is 12.2. The molecule has 20 heavy (non-hydrogen) atoms. The molecule has 0 aromatic heterocycles. The highest BCUT2D eigenvalue weighted by molar-refractivity contribution is 5.82. The van der Waals surface area contributed by atoms with E-state index in [9.17, 15) is 4.79 Å². The summed E-state index contributed by atoms with van der Waals surface area (Å²) in [6, 6.07) is -0.141. The molecule has 4 aliphatic carbocycles. The van der Waals surface area contributed by atoms with Crippen LogP contribution < -0.4 is 10.6 Å². The van der Waals surface area contributed by atoms with Crippen molar-refractivity contribution in [2.45, 2.75) is 44.6 Å². The van der Waals surface area contributed by atoms with Crippen LogP contribution in [0, 0.1) is 23.2 Å². The molecule has 112 valence electrons. The van der Waals surface area contributed by atoms with Crippen LogP contribution in [0.5, 0.6) is 0 Å². The largest absolute Gasteiger partial charge is 0.378 e. The first-order chi connectivity index (χ1) is 9.72. The summed E-state index contributed by atoms with van der Waals surface area (Å²) < 4.78 is 5.38. The topological polar surface area (TPSA) is 50.4 Å². The van der Waals surface area contributed by atoms with Crippen molar-refractivity contribution < 1.29 is 9.53 Å². The number of morpholine rings is 1.